The highest BCUT2D eigenvalue weighted by molar-refractivity contribution is 5.76. The first-order chi connectivity index (χ1) is 34.8. The number of carbonyl (C=O) groups excluding carboxylic acids is 1. The Morgan fingerprint density at radius 3 is 1.21 bits per heavy atom. The van der Waals surface area contributed by atoms with E-state index >= 15 is 0 Å². The molecule has 72 heavy (non-hydrogen) atoms. The SMILES string of the molecule is CCCCCCCCCCCCCCCCCCCCCCCCCCC(O)C(COC1OC(CO)C(OC2OC(CO)C(OC3OC(CO)C(O)C(O)C3O)C(O)C2O)C(O)C1O)NC(=O)CCCCC. The first kappa shape index (κ1) is 65.1. The van der Waals surface area contributed by atoms with Crippen LogP contribution >= 0.6 is 0 Å². The minimum Gasteiger partial charge on any atom is -0.394 e. The van der Waals surface area contributed by atoms with Crippen LogP contribution < -0.4 is 5.32 Å². The van der Waals surface area contributed by atoms with Gasteiger partial charge in [-0.05, 0) is 12.8 Å². The summed E-state index contributed by atoms with van der Waals surface area (Å²) in [6.45, 7) is 1.60. The monoisotopic (exact) mass is 1040 g/mol. The van der Waals surface area contributed by atoms with Gasteiger partial charge in [-0.25, -0.2) is 0 Å². The van der Waals surface area contributed by atoms with Gasteiger partial charge in [-0.3, -0.25) is 4.79 Å². The fraction of sp³-hybridized carbons (Fsp3) is 0.981. The average Bonchev–Trinajstić information content (AvgIpc) is 3.37. The van der Waals surface area contributed by atoms with E-state index in [0.29, 0.717) is 12.8 Å². The minimum atomic E-state index is -1.97. The minimum absolute atomic E-state index is 0.255. The van der Waals surface area contributed by atoms with Crippen molar-refractivity contribution in [2.75, 3.05) is 26.4 Å². The molecule has 0 aromatic rings. The van der Waals surface area contributed by atoms with E-state index in [2.05, 4.69) is 12.2 Å². The van der Waals surface area contributed by atoms with Crippen molar-refractivity contribution in [3.8, 4) is 0 Å². The van der Waals surface area contributed by atoms with Gasteiger partial charge in [0.1, 0.15) is 73.2 Å². The standard InChI is InChI=1S/C53H101NO18/c1-3-5-7-8-9-10-11-12-13-14-15-16-17-18-19-20-21-22-23-24-25-26-27-29-30-37(58)36(54-41(59)31-28-6-4-2)35-67-51-47(65)44(62)49(39(33-56)69-51)72-53-48(66)45(63)50(40(34-57)70-53)71-52-46(64)43(61)42(60)38(32-55)68-52/h36-40,42-53,55-58,60-66H,3-35H2,1-2H3,(H,54,59). The maximum atomic E-state index is 12.9. The van der Waals surface area contributed by atoms with E-state index in [1.54, 1.807) is 0 Å². The molecule has 0 aliphatic carbocycles. The Bertz CT molecular complexity index is 1340. The number of aliphatic hydroxyl groups is 11. The molecule has 0 radical (unpaired) electrons. The van der Waals surface area contributed by atoms with E-state index in [1.807, 2.05) is 6.92 Å². The van der Waals surface area contributed by atoms with Crippen molar-refractivity contribution in [3.63, 3.8) is 0 Å². The summed E-state index contributed by atoms with van der Waals surface area (Å²) in [4.78, 5) is 12.9. The molecule has 0 saturated carbocycles. The van der Waals surface area contributed by atoms with Gasteiger partial charge in [0.25, 0.3) is 0 Å². The molecule has 426 valence electrons. The topological polar surface area (TPSA) is 307 Å². The van der Waals surface area contributed by atoms with Gasteiger partial charge in [0, 0.05) is 6.42 Å². The van der Waals surface area contributed by atoms with E-state index in [9.17, 15) is 61.0 Å². The Morgan fingerprint density at radius 2 is 0.792 bits per heavy atom. The smallest absolute Gasteiger partial charge is 0.220 e. The molecule has 3 heterocycles. The van der Waals surface area contributed by atoms with Crippen LogP contribution in [0.5, 0.6) is 0 Å². The van der Waals surface area contributed by atoms with Crippen molar-refractivity contribution >= 4 is 5.91 Å². The Kier molecular flexibility index (Phi) is 34.7. The lowest BCUT2D eigenvalue weighted by Crippen LogP contribution is -2.66. The Balaban J connectivity index is 1.37. The number of hydrogen-bond donors (Lipinski definition) is 12. The third-order valence-corrected chi connectivity index (χ3v) is 14.7. The van der Waals surface area contributed by atoms with Crippen LogP contribution in [0.25, 0.3) is 0 Å². The van der Waals surface area contributed by atoms with Crippen LogP contribution in [-0.2, 0) is 33.2 Å². The highest BCUT2D eigenvalue weighted by Gasteiger charge is 2.53. The molecule has 0 aromatic carbocycles. The summed E-state index contributed by atoms with van der Waals surface area (Å²) >= 11 is 0. The molecule has 1 amide bonds. The predicted molar refractivity (Wildman–Crippen MR) is 268 cm³/mol. The lowest BCUT2D eigenvalue weighted by molar-refractivity contribution is -0.379. The van der Waals surface area contributed by atoms with Gasteiger partial charge in [0.05, 0.1) is 38.6 Å². The number of unbranched alkanes of at least 4 members (excludes halogenated alkanes) is 25. The second-order valence-electron chi connectivity index (χ2n) is 20.8. The molecule has 17 unspecified atom stereocenters. The highest BCUT2D eigenvalue weighted by atomic mass is 16.8. The van der Waals surface area contributed by atoms with Gasteiger partial charge in [0.2, 0.25) is 5.91 Å². The average molecular weight is 1040 g/mol. The molecular weight excluding hydrogens is 939 g/mol. The number of aliphatic hydroxyl groups excluding tert-OH is 11. The number of hydrogen-bond acceptors (Lipinski definition) is 18. The van der Waals surface area contributed by atoms with Crippen molar-refractivity contribution in [1.29, 1.82) is 0 Å². The molecule has 17 atom stereocenters. The number of rotatable bonds is 41. The zero-order valence-corrected chi connectivity index (χ0v) is 43.9. The molecule has 0 bridgehead atoms. The summed E-state index contributed by atoms with van der Waals surface area (Å²) in [5, 5.41) is 119. The van der Waals surface area contributed by atoms with Gasteiger partial charge in [-0.15, -0.1) is 0 Å². The van der Waals surface area contributed by atoms with Crippen LogP contribution in [-0.4, -0.2) is 193 Å². The maximum Gasteiger partial charge on any atom is 0.220 e. The summed E-state index contributed by atoms with van der Waals surface area (Å²) in [7, 11) is 0. The van der Waals surface area contributed by atoms with Gasteiger partial charge >= 0.3 is 0 Å². The van der Waals surface area contributed by atoms with Crippen LogP contribution in [0.15, 0.2) is 0 Å². The fourth-order valence-corrected chi connectivity index (χ4v) is 9.96. The van der Waals surface area contributed by atoms with Crippen LogP contribution in [0.2, 0.25) is 0 Å². The van der Waals surface area contributed by atoms with Crippen LogP contribution in [0.4, 0.5) is 0 Å². The highest BCUT2D eigenvalue weighted by Crippen LogP contribution is 2.33. The predicted octanol–water partition coefficient (Wildman–Crippen LogP) is 3.65. The second kappa shape index (κ2) is 38.4. The van der Waals surface area contributed by atoms with Gasteiger partial charge in [-0.2, -0.15) is 0 Å². The van der Waals surface area contributed by atoms with E-state index in [4.69, 9.17) is 28.4 Å². The number of ether oxygens (including phenoxy) is 6. The van der Waals surface area contributed by atoms with E-state index in [1.165, 1.54) is 128 Å². The fourth-order valence-electron chi connectivity index (χ4n) is 9.96. The van der Waals surface area contributed by atoms with Crippen molar-refractivity contribution < 1.29 is 89.4 Å². The number of nitrogens with one attached hydrogen (secondary N) is 1. The summed E-state index contributed by atoms with van der Waals surface area (Å²) in [5.41, 5.74) is 0. The molecule has 3 rings (SSSR count). The number of carbonyl (C=O) groups is 1. The summed E-state index contributed by atoms with van der Waals surface area (Å²) in [6, 6.07) is -0.876. The molecule has 0 spiro atoms. The Hall–Kier alpha value is -1.21. The molecule has 0 aromatic heterocycles. The molecule has 19 nitrogen and oxygen atoms in total. The molecular formula is C53H101NO18. The largest absolute Gasteiger partial charge is 0.394 e. The molecule has 19 heteroatoms. The Morgan fingerprint density at radius 1 is 0.444 bits per heavy atom. The molecule has 3 aliphatic heterocycles. The van der Waals surface area contributed by atoms with Crippen LogP contribution in [0, 0.1) is 0 Å². The first-order valence-electron chi connectivity index (χ1n) is 28.3. The maximum absolute atomic E-state index is 12.9. The van der Waals surface area contributed by atoms with Crippen molar-refractivity contribution in [2.24, 2.45) is 0 Å². The van der Waals surface area contributed by atoms with Crippen LogP contribution in [0.3, 0.4) is 0 Å². The van der Waals surface area contributed by atoms with Gasteiger partial charge < -0.3 is 89.9 Å². The lowest BCUT2D eigenvalue weighted by Gasteiger charge is -2.48. The van der Waals surface area contributed by atoms with E-state index in [0.717, 1.165) is 38.5 Å². The first-order valence-corrected chi connectivity index (χ1v) is 28.3. The third-order valence-electron chi connectivity index (χ3n) is 14.7. The normalized spacial score (nSPS) is 31.9. The third kappa shape index (κ3) is 23.2. The molecule has 3 aliphatic rings. The van der Waals surface area contributed by atoms with Crippen molar-refractivity contribution in [3.05, 3.63) is 0 Å². The zero-order chi connectivity index (χ0) is 52.7. The second-order valence-corrected chi connectivity index (χ2v) is 20.8. The molecule has 12 N–H and O–H groups in total. The van der Waals surface area contributed by atoms with Gasteiger partial charge in [0.15, 0.2) is 18.9 Å². The summed E-state index contributed by atoms with van der Waals surface area (Å²) in [6.07, 6.45) is 7.58. The van der Waals surface area contributed by atoms with Gasteiger partial charge in [-0.1, -0.05) is 181 Å². The lowest BCUT2D eigenvalue weighted by atomic mass is 9.96. The van der Waals surface area contributed by atoms with E-state index in [-0.39, 0.29) is 18.9 Å². The molecule has 3 saturated heterocycles. The summed E-state index contributed by atoms with van der Waals surface area (Å²) < 4.78 is 34.0. The Labute approximate surface area is 430 Å². The van der Waals surface area contributed by atoms with E-state index < -0.39 is 124 Å². The zero-order valence-electron chi connectivity index (χ0n) is 43.9. The molecule has 3 fully saturated rings. The van der Waals surface area contributed by atoms with Crippen molar-refractivity contribution in [2.45, 2.75) is 304 Å². The number of amides is 1. The summed E-state index contributed by atoms with van der Waals surface area (Å²) in [5.74, 6) is -0.266. The quantitative estimate of drug-likeness (QED) is 0.0389. The van der Waals surface area contributed by atoms with Crippen LogP contribution in [0.1, 0.15) is 200 Å². The van der Waals surface area contributed by atoms with Crippen molar-refractivity contribution in [1.82, 2.24) is 5.32 Å².